The SMILES string of the molecule is Cc1cc(F)c(-c2ccc(CCC3(c4ncccc4F)CC(F)C3)nn2)cc1Br.[C-]#[N+]c1cc(-c2ccc(CCC3(c4ncccc4F)CC(F)C3)nn2)c(F)cc1C. The van der Waals surface area contributed by atoms with Crippen molar-refractivity contribution in [3.8, 4) is 22.5 Å². The molecule has 2 aliphatic carbocycles. The van der Waals surface area contributed by atoms with E-state index in [0.717, 1.165) is 10.0 Å². The monoisotopic (exact) mass is 869 g/mol. The highest BCUT2D eigenvalue weighted by Gasteiger charge is 2.49. The third-order valence-corrected chi connectivity index (χ3v) is 12.2. The van der Waals surface area contributed by atoms with Gasteiger partial charge in [0.05, 0.1) is 40.7 Å². The minimum absolute atomic E-state index is 0.219. The molecule has 59 heavy (non-hydrogen) atoms. The van der Waals surface area contributed by atoms with E-state index in [4.69, 9.17) is 6.57 Å². The van der Waals surface area contributed by atoms with E-state index < -0.39 is 40.6 Å². The van der Waals surface area contributed by atoms with Crippen molar-refractivity contribution in [2.45, 2.75) is 88.4 Å². The highest BCUT2D eigenvalue weighted by Crippen LogP contribution is 2.50. The molecule has 2 aromatic carbocycles. The van der Waals surface area contributed by atoms with Crippen molar-refractivity contribution in [2.75, 3.05) is 0 Å². The Morgan fingerprint density at radius 1 is 0.627 bits per heavy atom. The van der Waals surface area contributed by atoms with Crippen LogP contribution >= 0.6 is 15.9 Å². The predicted molar refractivity (Wildman–Crippen MR) is 215 cm³/mol. The molecule has 0 radical (unpaired) electrons. The first-order chi connectivity index (χ1) is 28.3. The van der Waals surface area contributed by atoms with Gasteiger partial charge in [-0.05, 0) is 149 Å². The fourth-order valence-corrected chi connectivity index (χ4v) is 8.33. The molecule has 0 aliphatic heterocycles. The molecule has 2 saturated carbocycles. The number of alkyl halides is 2. The Hall–Kier alpha value is -5.55. The van der Waals surface area contributed by atoms with E-state index >= 15 is 0 Å². The summed E-state index contributed by atoms with van der Waals surface area (Å²) < 4.78 is 85.3. The van der Waals surface area contributed by atoms with Crippen LogP contribution in [0, 0.1) is 43.7 Å². The number of hydrogen-bond donors (Lipinski definition) is 0. The molecular formula is C45H38BrF6N7. The van der Waals surface area contributed by atoms with Gasteiger partial charge in [0.2, 0.25) is 0 Å². The standard InChI is InChI=1S/C23H19F3N4.C22H19BrF3N3/c1-14-10-19(26)17(11-21(14)27-2)20-6-5-16(29-30-20)7-8-23(12-15(24)13-23)22-18(25)4-3-9-28-22;1-13-9-19(26)16(10-17(13)23)20-5-4-15(28-29-20)6-7-22(11-14(24)12-22)21-18(25)3-2-8-27-21/h3-6,9-11,15H,7-8,12-13H2,1H3;2-5,8-10,14H,6-7,11-12H2,1H3. The van der Waals surface area contributed by atoms with Gasteiger partial charge in [0.25, 0.3) is 0 Å². The molecule has 4 heterocycles. The molecule has 0 N–H and O–H groups in total. The summed E-state index contributed by atoms with van der Waals surface area (Å²) >= 11 is 3.40. The summed E-state index contributed by atoms with van der Waals surface area (Å²) in [6.07, 6.45) is 4.16. The quantitative estimate of drug-likeness (QED) is 0.101. The van der Waals surface area contributed by atoms with Gasteiger partial charge in [-0.1, -0.05) is 15.9 Å². The van der Waals surface area contributed by atoms with Crippen molar-refractivity contribution in [3.05, 3.63) is 158 Å². The van der Waals surface area contributed by atoms with Gasteiger partial charge in [-0.2, -0.15) is 20.4 Å². The van der Waals surface area contributed by atoms with Gasteiger partial charge in [-0.3, -0.25) is 9.97 Å². The fourth-order valence-electron chi connectivity index (χ4n) is 7.99. The maximum absolute atomic E-state index is 14.3. The lowest BCUT2D eigenvalue weighted by Crippen LogP contribution is -2.44. The van der Waals surface area contributed by atoms with E-state index in [1.807, 2.05) is 6.92 Å². The summed E-state index contributed by atoms with van der Waals surface area (Å²) in [5.41, 5.74) is 3.80. The zero-order valence-corrected chi connectivity index (χ0v) is 33.8. The summed E-state index contributed by atoms with van der Waals surface area (Å²) in [4.78, 5) is 11.7. The molecule has 0 unspecified atom stereocenters. The Kier molecular flexibility index (Phi) is 12.2. The number of halogens is 7. The summed E-state index contributed by atoms with van der Waals surface area (Å²) in [6, 6.07) is 18.5. The maximum atomic E-state index is 14.3. The molecule has 6 aromatic rings. The van der Waals surface area contributed by atoms with Crippen molar-refractivity contribution in [2.24, 2.45) is 0 Å². The maximum Gasteiger partial charge on any atom is 0.191 e. The number of hydrogen-bond acceptors (Lipinski definition) is 6. The smallest absolute Gasteiger partial charge is 0.191 e. The fraction of sp³-hybridized carbons (Fsp3) is 0.311. The third kappa shape index (κ3) is 8.90. The number of rotatable bonds is 10. The number of aromatic nitrogens is 6. The van der Waals surface area contributed by atoms with Crippen molar-refractivity contribution in [1.82, 2.24) is 30.4 Å². The average molecular weight is 871 g/mol. The molecule has 0 spiro atoms. The minimum atomic E-state index is -0.957. The summed E-state index contributed by atoms with van der Waals surface area (Å²) in [7, 11) is 0. The van der Waals surface area contributed by atoms with Crippen LogP contribution < -0.4 is 0 Å². The van der Waals surface area contributed by atoms with Gasteiger partial charge >= 0.3 is 0 Å². The Bertz CT molecular complexity index is 2500. The molecule has 302 valence electrons. The second-order valence-electron chi connectivity index (χ2n) is 15.4. The topological polar surface area (TPSA) is 81.7 Å². The Morgan fingerprint density at radius 2 is 1.08 bits per heavy atom. The molecule has 7 nitrogen and oxygen atoms in total. The van der Waals surface area contributed by atoms with Gasteiger partial charge < -0.3 is 0 Å². The molecule has 2 aliphatic rings. The lowest BCUT2D eigenvalue weighted by molar-refractivity contribution is 0.0791. The van der Waals surface area contributed by atoms with Crippen LogP contribution in [0.2, 0.25) is 0 Å². The first kappa shape index (κ1) is 41.6. The number of aryl methyl sites for hydroxylation is 4. The Morgan fingerprint density at radius 3 is 1.49 bits per heavy atom. The number of benzene rings is 2. The Balaban J connectivity index is 0.000000179. The summed E-state index contributed by atoms with van der Waals surface area (Å²) in [5, 5.41) is 16.6. The van der Waals surface area contributed by atoms with E-state index in [2.05, 4.69) is 51.1 Å². The van der Waals surface area contributed by atoms with Gasteiger partial charge in [-0.15, -0.1) is 0 Å². The van der Waals surface area contributed by atoms with Crippen molar-refractivity contribution in [3.63, 3.8) is 0 Å². The van der Waals surface area contributed by atoms with Gasteiger partial charge in [0.15, 0.2) is 5.69 Å². The second kappa shape index (κ2) is 17.4. The zero-order valence-electron chi connectivity index (χ0n) is 32.2. The number of pyridine rings is 2. The average Bonchev–Trinajstić information content (AvgIpc) is 3.20. The molecule has 8 rings (SSSR count). The van der Waals surface area contributed by atoms with Crippen LogP contribution in [0.1, 0.15) is 72.4 Å². The molecule has 0 saturated heterocycles. The second-order valence-corrected chi connectivity index (χ2v) is 16.2. The van der Waals surface area contributed by atoms with Crippen molar-refractivity contribution < 1.29 is 26.3 Å². The zero-order chi connectivity index (χ0) is 41.9. The van der Waals surface area contributed by atoms with Crippen LogP contribution in [0.4, 0.5) is 32.0 Å². The van der Waals surface area contributed by atoms with Gasteiger partial charge in [-0.25, -0.2) is 31.2 Å². The van der Waals surface area contributed by atoms with Crippen LogP contribution in [0.15, 0.2) is 89.7 Å². The van der Waals surface area contributed by atoms with E-state index in [-0.39, 0.29) is 37.1 Å². The molecule has 0 atom stereocenters. The summed E-state index contributed by atoms with van der Waals surface area (Å²) in [6.45, 7) is 10.7. The van der Waals surface area contributed by atoms with Gasteiger partial charge in [0, 0.05) is 38.8 Å². The first-order valence-corrected chi connectivity index (χ1v) is 19.9. The van der Waals surface area contributed by atoms with Crippen molar-refractivity contribution >= 4 is 21.6 Å². The third-order valence-electron chi connectivity index (χ3n) is 11.3. The molecule has 14 heteroatoms. The van der Waals surface area contributed by atoms with Crippen LogP contribution in [0.3, 0.4) is 0 Å². The molecule has 0 bridgehead atoms. The van der Waals surface area contributed by atoms with Crippen LogP contribution in [-0.4, -0.2) is 42.7 Å². The largest absolute Gasteiger partial charge is 0.258 e. The van der Waals surface area contributed by atoms with Crippen LogP contribution in [0.5, 0.6) is 0 Å². The first-order valence-electron chi connectivity index (χ1n) is 19.1. The normalized spacial score (nSPS) is 20.7. The highest BCUT2D eigenvalue weighted by molar-refractivity contribution is 9.10. The number of nitrogens with zero attached hydrogens (tertiary/aromatic N) is 7. The van der Waals surface area contributed by atoms with E-state index in [1.54, 1.807) is 37.3 Å². The molecule has 0 amide bonds. The lowest BCUT2D eigenvalue weighted by Gasteiger charge is -2.44. The lowest BCUT2D eigenvalue weighted by atomic mass is 9.62. The molecule has 4 aromatic heterocycles. The van der Waals surface area contributed by atoms with E-state index in [1.165, 1.54) is 54.9 Å². The Labute approximate surface area is 346 Å². The highest BCUT2D eigenvalue weighted by atomic mass is 79.9. The van der Waals surface area contributed by atoms with E-state index in [9.17, 15) is 26.3 Å². The minimum Gasteiger partial charge on any atom is -0.258 e. The summed E-state index contributed by atoms with van der Waals surface area (Å²) in [5.74, 6) is -1.65. The van der Waals surface area contributed by atoms with Gasteiger partial charge in [0.1, 0.15) is 35.6 Å². The predicted octanol–water partition coefficient (Wildman–Crippen LogP) is 11.6. The molecule has 2 fully saturated rings. The van der Waals surface area contributed by atoms with Crippen LogP contribution in [-0.2, 0) is 23.7 Å². The van der Waals surface area contributed by atoms with Crippen molar-refractivity contribution in [1.29, 1.82) is 0 Å². The van der Waals surface area contributed by atoms with Crippen LogP contribution in [0.25, 0.3) is 27.4 Å². The molecular weight excluding hydrogens is 832 g/mol. The van der Waals surface area contributed by atoms with E-state index in [0.29, 0.717) is 76.7 Å².